The standard InChI is InChI=1S/C22H23FN2O3/c1-4-28-18-11-5-15(6-12-18)19-20(24-17-9-7-16(23)8-10-17)22(27)25(21(19)26)13-14(2)3/h5-12,14,24H,4,13H2,1-3H3. The second-order valence-electron chi connectivity index (χ2n) is 6.95. The summed E-state index contributed by atoms with van der Waals surface area (Å²) in [4.78, 5) is 27.2. The number of benzene rings is 2. The molecule has 1 heterocycles. The van der Waals surface area contributed by atoms with Gasteiger partial charge in [-0.1, -0.05) is 26.0 Å². The lowest BCUT2D eigenvalue weighted by atomic mass is 10.0. The smallest absolute Gasteiger partial charge is 0.278 e. The van der Waals surface area contributed by atoms with E-state index in [1.54, 1.807) is 24.3 Å². The minimum atomic E-state index is -0.382. The number of rotatable bonds is 7. The van der Waals surface area contributed by atoms with Crippen molar-refractivity contribution in [3.8, 4) is 5.75 Å². The van der Waals surface area contributed by atoms with E-state index in [1.165, 1.54) is 29.2 Å². The Morgan fingerprint density at radius 3 is 2.21 bits per heavy atom. The maximum atomic E-state index is 13.2. The number of amides is 2. The minimum Gasteiger partial charge on any atom is -0.494 e. The molecule has 0 aromatic heterocycles. The summed E-state index contributed by atoms with van der Waals surface area (Å²) < 4.78 is 18.7. The van der Waals surface area contributed by atoms with Crippen LogP contribution >= 0.6 is 0 Å². The number of ether oxygens (including phenoxy) is 1. The number of anilines is 1. The maximum absolute atomic E-state index is 13.2. The van der Waals surface area contributed by atoms with E-state index < -0.39 is 0 Å². The van der Waals surface area contributed by atoms with E-state index in [0.29, 0.717) is 35.7 Å². The van der Waals surface area contributed by atoms with Gasteiger partial charge in [0, 0.05) is 12.2 Å². The second-order valence-corrected chi connectivity index (χ2v) is 6.95. The first-order valence-corrected chi connectivity index (χ1v) is 9.27. The third-order valence-corrected chi connectivity index (χ3v) is 4.28. The van der Waals surface area contributed by atoms with Crippen LogP contribution in [0.5, 0.6) is 5.75 Å². The summed E-state index contributed by atoms with van der Waals surface area (Å²) in [6.07, 6.45) is 0. The first-order valence-electron chi connectivity index (χ1n) is 9.27. The summed E-state index contributed by atoms with van der Waals surface area (Å²) >= 11 is 0. The van der Waals surface area contributed by atoms with Gasteiger partial charge in [0.2, 0.25) is 0 Å². The molecular weight excluding hydrogens is 359 g/mol. The van der Waals surface area contributed by atoms with Crippen LogP contribution < -0.4 is 10.1 Å². The van der Waals surface area contributed by atoms with Gasteiger partial charge in [-0.25, -0.2) is 4.39 Å². The highest BCUT2D eigenvalue weighted by Crippen LogP contribution is 2.32. The van der Waals surface area contributed by atoms with Gasteiger partial charge in [0.15, 0.2) is 0 Å². The molecule has 5 nitrogen and oxygen atoms in total. The normalized spacial score (nSPS) is 14.2. The second kappa shape index (κ2) is 8.25. The molecule has 2 aromatic carbocycles. The highest BCUT2D eigenvalue weighted by Gasteiger charge is 2.39. The third-order valence-electron chi connectivity index (χ3n) is 4.28. The topological polar surface area (TPSA) is 58.6 Å². The van der Waals surface area contributed by atoms with Gasteiger partial charge in [0.1, 0.15) is 17.3 Å². The van der Waals surface area contributed by atoms with Crippen LogP contribution in [0.4, 0.5) is 10.1 Å². The lowest BCUT2D eigenvalue weighted by Crippen LogP contribution is -2.35. The van der Waals surface area contributed by atoms with Crippen LogP contribution in [-0.4, -0.2) is 29.9 Å². The Labute approximate surface area is 163 Å². The zero-order valence-corrected chi connectivity index (χ0v) is 16.2. The van der Waals surface area contributed by atoms with Crippen molar-refractivity contribution in [3.63, 3.8) is 0 Å². The Morgan fingerprint density at radius 1 is 1.00 bits per heavy atom. The zero-order valence-electron chi connectivity index (χ0n) is 16.2. The van der Waals surface area contributed by atoms with E-state index in [0.717, 1.165) is 0 Å². The van der Waals surface area contributed by atoms with Crippen molar-refractivity contribution >= 4 is 23.1 Å². The van der Waals surface area contributed by atoms with E-state index in [9.17, 15) is 14.0 Å². The lowest BCUT2D eigenvalue weighted by molar-refractivity contribution is -0.137. The molecule has 0 atom stereocenters. The first-order chi connectivity index (χ1) is 13.4. The van der Waals surface area contributed by atoms with Crippen molar-refractivity contribution in [3.05, 3.63) is 65.6 Å². The fourth-order valence-electron chi connectivity index (χ4n) is 3.05. The summed E-state index contributed by atoms with van der Waals surface area (Å²) in [6, 6.07) is 12.7. The number of nitrogens with zero attached hydrogens (tertiary/aromatic N) is 1. The predicted molar refractivity (Wildman–Crippen MR) is 106 cm³/mol. The molecule has 0 saturated carbocycles. The summed E-state index contributed by atoms with van der Waals surface area (Å²) in [5.74, 6) is -0.267. The molecule has 2 aromatic rings. The molecule has 0 bridgehead atoms. The van der Waals surface area contributed by atoms with Crippen molar-refractivity contribution in [1.82, 2.24) is 4.90 Å². The van der Waals surface area contributed by atoms with E-state index in [1.807, 2.05) is 20.8 Å². The molecule has 1 aliphatic heterocycles. The summed E-state index contributed by atoms with van der Waals surface area (Å²) in [6.45, 7) is 6.65. The number of carbonyl (C=O) groups excluding carboxylic acids is 2. The van der Waals surface area contributed by atoms with Crippen LogP contribution in [0.15, 0.2) is 54.2 Å². The van der Waals surface area contributed by atoms with Gasteiger partial charge in [0.05, 0.1) is 12.2 Å². The van der Waals surface area contributed by atoms with Gasteiger partial charge in [0.25, 0.3) is 11.8 Å². The Morgan fingerprint density at radius 2 is 1.64 bits per heavy atom. The van der Waals surface area contributed by atoms with Crippen LogP contribution in [-0.2, 0) is 9.59 Å². The molecule has 28 heavy (non-hydrogen) atoms. The molecule has 3 rings (SSSR count). The summed E-state index contributed by atoms with van der Waals surface area (Å²) in [7, 11) is 0. The lowest BCUT2D eigenvalue weighted by Gasteiger charge is -2.17. The number of halogens is 1. The van der Waals surface area contributed by atoms with Crippen LogP contribution in [0, 0.1) is 11.7 Å². The molecule has 0 spiro atoms. The number of imide groups is 1. The Bertz CT molecular complexity index is 902. The Hall–Kier alpha value is -3.15. The Balaban J connectivity index is 2.01. The zero-order chi connectivity index (χ0) is 20.3. The van der Waals surface area contributed by atoms with Gasteiger partial charge >= 0.3 is 0 Å². The Kier molecular flexibility index (Phi) is 5.78. The highest BCUT2D eigenvalue weighted by molar-refractivity contribution is 6.36. The van der Waals surface area contributed by atoms with Gasteiger partial charge in [-0.05, 0) is 54.8 Å². The van der Waals surface area contributed by atoms with Crippen LogP contribution in [0.2, 0.25) is 0 Å². The minimum absolute atomic E-state index is 0.139. The van der Waals surface area contributed by atoms with Crippen molar-refractivity contribution in [1.29, 1.82) is 0 Å². The quantitative estimate of drug-likeness (QED) is 0.734. The first kappa shape index (κ1) is 19.6. The molecule has 0 radical (unpaired) electrons. The van der Waals surface area contributed by atoms with Crippen molar-refractivity contribution in [2.45, 2.75) is 20.8 Å². The van der Waals surface area contributed by atoms with E-state index in [2.05, 4.69) is 5.32 Å². The van der Waals surface area contributed by atoms with E-state index >= 15 is 0 Å². The molecule has 0 aliphatic carbocycles. The monoisotopic (exact) mass is 382 g/mol. The van der Waals surface area contributed by atoms with E-state index in [-0.39, 0.29) is 29.2 Å². The molecule has 1 aliphatic rings. The largest absolute Gasteiger partial charge is 0.494 e. The van der Waals surface area contributed by atoms with Gasteiger partial charge in [-0.3, -0.25) is 14.5 Å². The fourth-order valence-corrected chi connectivity index (χ4v) is 3.05. The predicted octanol–water partition coefficient (Wildman–Crippen LogP) is 4.07. The molecule has 6 heteroatoms. The third kappa shape index (κ3) is 4.06. The SMILES string of the molecule is CCOc1ccc(C2=C(Nc3ccc(F)cc3)C(=O)N(CC(C)C)C2=O)cc1. The number of nitrogens with one attached hydrogen (secondary N) is 1. The average molecular weight is 382 g/mol. The molecule has 146 valence electrons. The molecule has 2 amide bonds. The maximum Gasteiger partial charge on any atom is 0.278 e. The molecule has 0 saturated heterocycles. The molecule has 1 N–H and O–H groups in total. The molecule has 0 fully saturated rings. The van der Waals surface area contributed by atoms with Crippen LogP contribution in [0.3, 0.4) is 0 Å². The highest BCUT2D eigenvalue weighted by atomic mass is 19.1. The van der Waals surface area contributed by atoms with Crippen molar-refractivity contribution < 1.29 is 18.7 Å². The molecular formula is C22H23FN2O3. The van der Waals surface area contributed by atoms with Gasteiger partial charge < -0.3 is 10.1 Å². The number of hydrogen-bond acceptors (Lipinski definition) is 4. The number of carbonyl (C=O) groups is 2. The fraction of sp³-hybridized carbons (Fsp3) is 0.273. The molecule has 0 unspecified atom stereocenters. The number of hydrogen-bond donors (Lipinski definition) is 1. The summed E-state index contributed by atoms with van der Waals surface area (Å²) in [5.41, 5.74) is 1.66. The van der Waals surface area contributed by atoms with Crippen molar-refractivity contribution in [2.75, 3.05) is 18.5 Å². The van der Waals surface area contributed by atoms with Crippen molar-refractivity contribution in [2.24, 2.45) is 5.92 Å². The summed E-state index contributed by atoms with van der Waals surface area (Å²) in [5, 5.41) is 3.01. The van der Waals surface area contributed by atoms with Crippen LogP contribution in [0.1, 0.15) is 26.3 Å². The van der Waals surface area contributed by atoms with Gasteiger partial charge in [-0.2, -0.15) is 0 Å². The van der Waals surface area contributed by atoms with E-state index in [4.69, 9.17) is 4.74 Å². The van der Waals surface area contributed by atoms with Crippen LogP contribution in [0.25, 0.3) is 5.57 Å². The average Bonchev–Trinajstić information content (AvgIpc) is 2.89. The van der Waals surface area contributed by atoms with Gasteiger partial charge in [-0.15, -0.1) is 0 Å².